The van der Waals surface area contributed by atoms with Crippen LogP contribution in [0.3, 0.4) is 0 Å². The second-order valence-corrected chi connectivity index (χ2v) is 7.83. The van der Waals surface area contributed by atoms with E-state index in [9.17, 15) is 0 Å². The Balaban J connectivity index is 2.25. The maximum absolute atomic E-state index is 3.74. The van der Waals surface area contributed by atoms with Crippen molar-refractivity contribution in [3.8, 4) is 0 Å². The first-order valence-corrected chi connectivity index (χ1v) is 9.17. The minimum absolute atomic E-state index is 0.497. The molecule has 1 N–H and O–H groups in total. The molecule has 19 heavy (non-hydrogen) atoms. The number of hydrogen-bond acceptors (Lipinski definition) is 1. The average Bonchev–Trinajstić information content (AvgIpc) is 2.39. The summed E-state index contributed by atoms with van der Waals surface area (Å²) in [6, 6.07) is 7.18. The van der Waals surface area contributed by atoms with Crippen LogP contribution in [0.1, 0.15) is 51.1 Å². The second-order valence-electron chi connectivity index (χ2n) is 5.73. The Labute approximate surface area is 139 Å². The lowest BCUT2D eigenvalue weighted by Gasteiger charge is -2.34. The van der Waals surface area contributed by atoms with Crippen LogP contribution in [0.5, 0.6) is 0 Å². The quantitative estimate of drug-likeness (QED) is 0.613. The van der Waals surface area contributed by atoms with Gasteiger partial charge in [-0.25, -0.2) is 0 Å². The minimum atomic E-state index is 0.497. The summed E-state index contributed by atoms with van der Waals surface area (Å²) in [6.45, 7) is 5.65. The molecule has 3 unspecified atom stereocenters. The zero-order valence-electron chi connectivity index (χ0n) is 11.8. The van der Waals surface area contributed by atoms with Gasteiger partial charge >= 0.3 is 0 Å². The van der Waals surface area contributed by atoms with E-state index >= 15 is 0 Å². The van der Waals surface area contributed by atoms with Crippen molar-refractivity contribution in [2.75, 3.05) is 6.54 Å². The van der Waals surface area contributed by atoms with Crippen LogP contribution in [0.25, 0.3) is 0 Å². The molecule has 1 aliphatic carbocycles. The Kier molecular flexibility index (Phi) is 6.15. The van der Waals surface area contributed by atoms with E-state index in [0.29, 0.717) is 6.04 Å². The van der Waals surface area contributed by atoms with E-state index in [2.05, 4.69) is 75.9 Å². The monoisotopic (exact) mass is 435 g/mol. The van der Waals surface area contributed by atoms with Crippen LogP contribution < -0.4 is 5.32 Å². The minimum Gasteiger partial charge on any atom is -0.310 e. The highest BCUT2D eigenvalue weighted by Crippen LogP contribution is 2.39. The van der Waals surface area contributed by atoms with E-state index in [1.54, 1.807) is 0 Å². The van der Waals surface area contributed by atoms with E-state index < -0.39 is 0 Å². The van der Waals surface area contributed by atoms with E-state index in [-0.39, 0.29) is 0 Å². The highest BCUT2D eigenvalue weighted by Gasteiger charge is 2.28. The molecule has 0 aliphatic heterocycles. The highest BCUT2D eigenvalue weighted by molar-refractivity contribution is 14.1. The van der Waals surface area contributed by atoms with Gasteiger partial charge in [-0.1, -0.05) is 42.6 Å². The Bertz CT molecular complexity index is 421. The van der Waals surface area contributed by atoms with Gasteiger partial charge in [0.15, 0.2) is 0 Å². The van der Waals surface area contributed by atoms with Gasteiger partial charge in [0.25, 0.3) is 0 Å². The third-order valence-electron chi connectivity index (χ3n) is 4.17. The SMILES string of the molecule is CCNC(c1cc(I)ccc1Br)C1CCCC(C)C1. The molecule has 0 heterocycles. The van der Waals surface area contributed by atoms with Crippen LogP contribution in [0.4, 0.5) is 0 Å². The molecule has 106 valence electrons. The van der Waals surface area contributed by atoms with Crippen molar-refractivity contribution in [1.29, 1.82) is 0 Å². The van der Waals surface area contributed by atoms with Crippen LogP contribution in [-0.2, 0) is 0 Å². The van der Waals surface area contributed by atoms with Gasteiger partial charge in [0.2, 0.25) is 0 Å². The Morgan fingerprint density at radius 2 is 2.21 bits per heavy atom. The summed E-state index contributed by atoms with van der Waals surface area (Å²) in [5, 5.41) is 3.72. The molecule has 0 spiro atoms. The summed E-state index contributed by atoms with van der Waals surface area (Å²) in [5.74, 6) is 1.65. The third kappa shape index (κ3) is 4.18. The second kappa shape index (κ2) is 7.41. The molecule has 1 fully saturated rings. The Morgan fingerprint density at radius 3 is 2.89 bits per heavy atom. The van der Waals surface area contributed by atoms with Crippen LogP contribution in [0.2, 0.25) is 0 Å². The van der Waals surface area contributed by atoms with E-state index in [1.807, 2.05) is 0 Å². The number of hydrogen-bond donors (Lipinski definition) is 1. The molecule has 0 saturated heterocycles. The third-order valence-corrected chi connectivity index (χ3v) is 5.56. The van der Waals surface area contributed by atoms with Gasteiger partial charge in [0, 0.05) is 14.1 Å². The molecule has 1 saturated carbocycles. The molecule has 3 atom stereocenters. The van der Waals surface area contributed by atoms with Gasteiger partial charge in [-0.05, 0) is 77.6 Å². The topological polar surface area (TPSA) is 12.0 Å². The maximum atomic E-state index is 3.74. The summed E-state index contributed by atoms with van der Waals surface area (Å²) in [6.07, 6.45) is 5.51. The number of benzene rings is 1. The Hall–Kier alpha value is 0.390. The molecule has 1 aromatic carbocycles. The molecule has 0 amide bonds. The van der Waals surface area contributed by atoms with Gasteiger partial charge in [-0.15, -0.1) is 0 Å². The summed E-state index contributed by atoms with van der Waals surface area (Å²) >= 11 is 6.15. The molecule has 0 bridgehead atoms. The predicted octanol–water partition coefficient (Wildman–Crippen LogP) is 5.53. The van der Waals surface area contributed by atoms with Gasteiger partial charge in [0.1, 0.15) is 0 Å². The number of nitrogens with one attached hydrogen (secondary N) is 1. The zero-order chi connectivity index (χ0) is 13.8. The van der Waals surface area contributed by atoms with Crippen LogP contribution in [0, 0.1) is 15.4 Å². The summed E-state index contributed by atoms with van der Waals surface area (Å²) in [4.78, 5) is 0. The molecular formula is C16H23BrIN. The Morgan fingerprint density at radius 1 is 1.42 bits per heavy atom. The molecule has 0 aromatic heterocycles. The fourth-order valence-electron chi connectivity index (χ4n) is 3.29. The zero-order valence-corrected chi connectivity index (χ0v) is 15.5. The smallest absolute Gasteiger partial charge is 0.0360 e. The summed E-state index contributed by atoms with van der Waals surface area (Å²) < 4.78 is 2.57. The van der Waals surface area contributed by atoms with Crippen LogP contribution in [-0.4, -0.2) is 6.54 Å². The predicted molar refractivity (Wildman–Crippen MR) is 94.4 cm³/mol. The molecule has 1 aromatic rings. The molecule has 2 rings (SSSR count). The van der Waals surface area contributed by atoms with Crippen LogP contribution in [0.15, 0.2) is 22.7 Å². The lowest BCUT2D eigenvalue weighted by atomic mass is 9.76. The molecule has 1 nitrogen and oxygen atoms in total. The summed E-state index contributed by atoms with van der Waals surface area (Å²) in [7, 11) is 0. The van der Waals surface area contributed by atoms with Crippen molar-refractivity contribution in [2.24, 2.45) is 11.8 Å². The highest BCUT2D eigenvalue weighted by atomic mass is 127. The summed E-state index contributed by atoms with van der Waals surface area (Å²) in [5.41, 5.74) is 1.44. The first-order chi connectivity index (χ1) is 9.11. The van der Waals surface area contributed by atoms with Crippen molar-refractivity contribution < 1.29 is 0 Å². The average molecular weight is 436 g/mol. The fourth-order valence-corrected chi connectivity index (χ4v) is 4.30. The van der Waals surface area contributed by atoms with Gasteiger partial charge in [-0.2, -0.15) is 0 Å². The van der Waals surface area contributed by atoms with Crippen LogP contribution >= 0.6 is 38.5 Å². The fraction of sp³-hybridized carbons (Fsp3) is 0.625. The normalized spacial score (nSPS) is 25.3. The van der Waals surface area contributed by atoms with Gasteiger partial charge < -0.3 is 5.32 Å². The van der Waals surface area contributed by atoms with Crippen molar-refractivity contribution in [3.63, 3.8) is 0 Å². The van der Waals surface area contributed by atoms with Crippen molar-refractivity contribution in [3.05, 3.63) is 31.8 Å². The lowest BCUT2D eigenvalue weighted by Crippen LogP contribution is -2.31. The van der Waals surface area contributed by atoms with Gasteiger partial charge in [0.05, 0.1) is 0 Å². The van der Waals surface area contributed by atoms with Crippen molar-refractivity contribution >= 4 is 38.5 Å². The standard InChI is InChI=1S/C16H23BrIN/c1-3-19-16(12-6-4-5-11(2)9-12)14-10-13(18)7-8-15(14)17/h7-8,10-12,16,19H,3-6,9H2,1-2H3. The lowest BCUT2D eigenvalue weighted by molar-refractivity contribution is 0.225. The molecular weight excluding hydrogens is 413 g/mol. The van der Waals surface area contributed by atoms with E-state index in [1.165, 1.54) is 39.3 Å². The van der Waals surface area contributed by atoms with Crippen molar-refractivity contribution in [1.82, 2.24) is 5.32 Å². The van der Waals surface area contributed by atoms with Crippen molar-refractivity contribution in [2.45, 2.75) is 45.6 Å². The molecule has 1 aliphatic rings. The maximum Gasteiger partial charge on any atom is 0.0360 e. The molecule has 0 radical (unpaired) electrons. The largest absolute Gasteiger partial charge is 0.310 e. The van der Waals surface area contributed by atoms with E-state index in [0.717, 1.165) is 18.4 Å². The molecule has 3 heteroatoms. The number of halogens is 2. The first kappa shape index (κ1) is 15.8. The van der Waals surface area contributed by atoms with E-state index in [4.69, 9.17) is 0 Å². The van der Waals surface area contributed by atoms with Gasteiger partial charge in [-0.3, -0.25) is 0 Å². The number of rotatable bonds is 4. The first-order valence-electron chi connectivity index (χ1n) is 7.30.